The van der Waals surface area contributed by atoms with Crippen LogP contribution in [0.3, 0.4) is 0 Å². The third-order valence-corrected chi connectivity index (χ3v) is 1.96. The second-order valence-electron chi connectivity index (χ2n) is 3.16. The number of hydrogen-bond donors (Lipinski definition) is 2. The number of halogens is 2. The van der Waals surface area contributed by atoms with E-state index in [4.69, 9.17) is 5.73 Å². The zero-order valence-corrected chi connectivity index (χ0v) is 8.11. The predicted octanol–water partition coefficient (Wildman–Crippen LogP) is 1.32. The first-order chi connectivity index (χ1) is 6.65. The lowest BCUT2D eigenvalue weighted by Gasteiger charge is -2.06. The fraction of sp³-hybridized carbons (Fsp3) is 0.400. The molecule has 0 aliphatic heterocycles. The molecule has 0 radical (unpaired) electrons. The minimum absolute atomic E-state index is 0.379. The third-order valence-electron chi connectivity index (χ3n) is 1.96. The average Bonchev–Trinajstić information content (AvgIpc) is 2.14. The maximum absolute atomic E-state index is 13.1. The molecule has 0 amide bonds. The Bertz CT molecular complexity index is 313. The molecule has 0 bridgehead atoms. The van der Waals surface area contributed by atoms with Crippen molar-refractivity contribution in [2.45, 2.75) is 13.5 Å². The highest BCUT2D eigenvalue weighted by Gasteiger charge is 2.06. The molecule has 4 heteroatoms. The standard InChI is InChI=1S/C10H14F2N2/c1-7-4-8(6-14-3-2-13)10(12)5-9(7)11/h4-5,14H,2-3,6,13H2,1H3. The summed E-state index contributed by atoms with van der Waals surface area (Å²) < 4.78 is 26.0. The second-order valence-corrected chi connectivity index (χ2v) is 3.16. The van der Waals surface area contributed by atoms with Crippen LogP contribution in [0, 0.1) is 18.6 Å². The van der Waals surface area contributed by atoms with Gasteiger partial charge in [-0.2, -0.15) is 0 Å². The molecular formula is C10H14F2N2. The third kappa shape index (κ3) is 2.75. The molecule has 0 spiro atoms. The SMILES string of the molecule is Cc1cc(CNCCN)c(F)cc1F. The predicted molar refractivity (Wildman–Crippen MR) is 51.9 cm³/mol. The molecule has 0 aliphatic rings. The van der Waals surface area contributed by atoms with E-state index >= 15 is 0 Å². The number of nitrogens with two attached hydrogens (primary N) is 1. The first kappa shape index (κ1) is 11.1. The Morgan fingerprint density at radius 1 is 1.29 bits per heavy atom. The molecule has 0 heterocycles. The van der Waals surface area contributed by atoms with Crippen molar-refractivity contribution in [1.82, 2.24) is 5.32 Å². The van der Waals surface area contributed by atoms with Gasteiger partial charge in [0.25, 0.3) is 0 Å². The van der Waals surface area contributed by atoms with Gasteiger partial charge in [0.15, 0.2) is 0 Å². The summed E-state index contributed by atoms with van der Waals surface area (Å²) in [6, 6.07) is 2.42. The van der Waals surface area contributed by atoms with Crippen molar-refractivity contribution in [3.8, 4) is 0 Å². The van der Waals surface area contributed by atoms with Gasteiger partial charge in [0.05, 0.1) is 0 Å². The summed E-state index contributed by atoms with van der Waals surface area (Å²) in [5.74, 6) is -1.03. The quantitative estimate of drug-likeness (QED) is 0.719. The van der Waals surface area contributed by atoms with Crippen LogP contribution in [0.1, 0.15) is 11.1 Å². The Labute approximate surface area is 82.1 Å². The molecule has 0 aliphatic carbocycles. The number of hydrogen-bond acceptors (Lipinski definition) is 2. The van der Waals surface area contributed by atoms with Gasteiger partial charge in [0, 0.05) is 31.3 Å². The van der Waals surface area contributed by atoms with Crippen molar-refractivity contribution in [1.29, 1.82) is 0 Å². The zero-order valence-electron chi connectivity index (χ0n) is 8.11. The van der Waals surface area contributed by atoms with Crippen molar-refractivity contribution < 1.29 is 8.78 Å². The Morgan fingerprint density at radius 3 is 2.64 bits per heavy atom. The van der Waals surface area contributed by atoms with Crippen LogP contribution in [0.2, 0.25) is 0 Å². The van der Waals surface area contributed by atoms with Gasteiger partial charge in [0.1, 0.15) is 11.6 Å². The van der Waals surface area contributed by atoms with E-state index < -0.39 is 11.6 Å². The fourth-order valence-electron chi connectivity index (χ4n) is 1.18. The molecule has 1 aromatic rings. The summed E-state index contributed by atoms with van der Waals surface area (Å²) >= 11 is 0. The number of aryl methyl sites for hydroxylation is 1. The summed E-state index contributed by atoms with van der Waals surface area (Å²) in [6.07, 6.45) is 0. The molecule has 0 atom stereocenters. The van der Waals surface area contributed by atoms with Gasteiger partial charge in [-0.15, -0.1) is 0 Å². The number of rotatable bonds is 4. The minimum Gasteiger partial charge on any atom is -0.329 e. The van der Waals surface area contributed by atoms with Crippen LogP contribution in [0.15, 0.2) is 12.1 Å². The zero-order chi connectivity index (χ0) is 10.6. The first-order valence-corrected chi connectivity index (χ1v) is 4.50. The lowest BCUT2D eigenvalue weighted by molar-refractivity contribution is 0.557. The van der Waals surface area contributed by atoms with E-state index in [-0.39, 0.29) is 0 Å². The van der Waals surface area contributed by atoms with Crippen molar-refractivity contribution in [2.75, 3.05) is 13.1 Å². The van der Waals surface area contributed by atoms with Gasteiger partial charge in [-0.05, 0) is 18.6 Å². The molecule has 14 heavy (non-hydrogen) atoms. The molecule has 78 valence electrons. The van der Waals surface area contributed by atoms with Gasteiger partial charge in [0.2, 0.25) is 0 Å². The molecule has 3 N–H and O–H groups in total. The van der Waals surface area contributed by atoms with Crippen molar-refractivity contribution >= 4 is 0 Å². The van der Waals surface area contributed by atoms with Gasteiger partial charge in [-0.3, -0.25) is 0 Å². The van der Waals surface area contributed by atoms with E-state index in [1.807, 2.05) is 0 Å². The van der Waals surface area contributed by atoms with Crippen LogP contribution in [-0.2, 0) is 6.54 Å². The van der Waals surface area contributed by atoms with Crippen LogP contribution in [0.5, 0.6) is 0 Å². The van der Waals surface area contributed by atoms with E-state index in [1.165, 1.54) is 6.07 Å². The van der Waals surface area contributed by atoms with E-state index in [0.29, 0.717) is 30.8 Å². The average molecular weight is 200 g/mol. The van der Waals surface area contributed by atoms with Crippen LogP contribution in [-0.4, -0.2) is 13.1 Å². The lowest BCUT2D eigenvalue weighted by atomic mass is 10.1. The summed E-state index contributed by atoms with van der Waals surface area (Å²) in [4.78, 5) is 0. The molecule has 0 saturated heterocycles. The van der Waals surface area contributed by atoms with Gasteiger partial charge >= 0.3 is 0 Å². The Morgan fingerprint density at radius 2 is 2.00 bits per heavy atom. The van der Waals surface area contributed by atoms with E-state index in [1.54, 1.807) is 6.92 Å². The highest BCUT2D eigenvalue weighted by molar-refractivity contribution is 5.25. The molecule has 2 nitrogen and oxygen atoms in total. The van der Waals surface area contributed by atoms with Gasteiger partial charge in [-0.1, -0.05) is 0 Å². The Hall–Kier alpha value is -1.00. The van der Waals surface area contributed by atoms with Crippen LogP contribution in [0.25, 0.3) is 0 Å². The van der Waals surface area contributed by atoms with Crippen LogP contribution < -0.4 is 11.1 Å². The van der Waals surface area contributed by atoms with Crippen molar-refractivity contribution in [3.05, 3.63) is 34.9 Å². The number of benzene rings is 1. The Balaban J connectivity index is 2.72. The smallest absolute Gasteiger partial charge is 0.130 e. The topological polar surface area (TPSA) is 38.0 Å². The number of nitrogens with one attached hydrogen (secondary N) is 1. The minimum atomic E-state index is -0.516. The Kier molecular flexibility index (Phi) is 3.98. The highest BCUT2D eigenvalue weighted by Crippen LogP contribution is 2.13. The summed E-state index contributed by atoms with van der Waals surface area (Å²) in [6.45, 7) is 3.11. The summed E-state index contributed by atoms with van der Waals surface area (Å²) in [5.41, 5.74) is 6.19. The molecule has 0 fully saturated rings. The first-order valence-electron chi connectivity index (χ1n) is 4.50. The molecule has 0 aromatic heterocycles. The highest BCUT2D eigenvalue weighted by atomic mass is 19.1. The molecule has 0 saturated carbocycles. The molecule has 1 rings (SSSR count). The maximum atomic E-state index is 13.1. The van der Waals surface area contributed by atoms with Gasteiger partial charge < -0.3 is 11.1 Å². The van der Waals surface area contributed by atoms with E-state index in [9.17, 15) is 8.78 Å². The van der Waals surface area contributed by atoms with Gasteiger partial charge in [-0.25, -0.2) is 8.78 Å². The van der Waals surface area contributed by atoms with Crippen LogP contribution >= 0.6 is 0 Å². The largest absolute Gasteiger partial charge is 0.329 e. The molecule has 0 unspecified atom stereocenters. The van der Waals surface area contributed by atoms with E-state index in [2.05, 4.69) is 5.32 Å². The summed E-state index contributed by atoms with van der Waals surface area (Å²) in [5, 5.41) is 2.95. The van der Waals surface area contributed by atoms with Crippen molar-refractivity contribution in [2.24, 2.45) is 5.73 Å². The fourth-order valence-corrected chi connectivity index (χ4v) is 1.18. The molecule has 1 aromatic carbocycles. The van der Waals surface area contributed by atoms with Crippen molar-refractivity contribution in [3.63, 3.8) is 0 Å². The van der Waals surface area contributed by atoms with E-state index in [0.717, 1.165) is 6.07 Å². The van der Waals surface area contributed by atoms with Crippen LogP contribution in [0.4, 0.5) is 8.78 Å². The molecular weight excluding hydrogens is 186 g/mol. The lowest BCUT2D eigenvalue weighted by Crippen LogP contribution is -2.22. The monoisotopic (exact) mass is 200 g/mol. The summed E-state index contributed by atoms with van der Waals surface area (Å²) in [7, 11) is 0. The maximum Gasteiger partial charge on any atom is 0.130 e. The second kappa shape index (κ2) is 5.02. The normalized spacial score (nSPS) is 10.6.